The molecule has 0 aliphatic rings. The average Bonchev–Trinajstić information content (AvgIpc) is 2.19. The van der Waals surface area contributed by atoms with Gasteiger partial charge < -0.3 is 10.6 Å². The summed E-state index contributed by atoms with van der Waals surface area (Å²) >= 11 is 0. The number of rotatable bonds is 3. The van der Waals surface area contributed by atoms with Gasteiger partial charge in [0.25, 0.3) is 0 Å². The number of pyridine rings is 1. The van der Waals surface area contributed by atoms with Crippen LogP contribution in [0.15, 0.2) is 18.3 Å². The molecule has 0 fully saturated rings. The van der Waals surface area contributed by atoms with Gasteiger partial charge in [0, 0.05) is 0 Å². The third-order valence-electron chi connectivity index (χ3n) is 1.66. The van der Waals surface area contributed by atoms with E-state index in [1.807, 2.05) is 12.1 Å². The quantitative estimate of drug-likeness (QED) is 0.696. The van der Waals surface area contributed by atoms with Crippen LogP contribution in [-0.4, -0.2) is 18.1 Å². The summed E-state index contributed by atoms with van der Waals surface area (Å²) in [6.45, 7) is 0.332. The molecule has 0 bridgehead atoms. The zero-order chi connectivity index (χ0) is 10.4. The van der Waals surface area contributed by atoms with Gasteiger partial charge in [0.1, 0.15) is 18.9 Å². The molecule has 0 aromatic carbocycles. The maximum atomic E-state index is 8.53. The number of nitrogen functional groups attached to an aromatic ring is 1. The van der Waals surface area contributed by atoms with Crippen molar-refractivity contribution in [2.75, 3.05) is 23.7 Å². The van der Waals surface area contributed by atoms with Crippen molar-refractivity contribution in [3.05, 3.63) is 18.3 Å². The highest BCUT2D eigenvalue weighted by molar-refractivity contribution is 5.49. The minimum Gasteiger partial charge on any atom is -0.384 e. The lowest BCUT2D eigenvalue weighted by Crippen LogP contribution is -2.23. The fourth-order valence-electron chi connectivity index (χ4n) is 0.994. The summed E-state index contributed by atoms with van der Waals surface area (Å²) in [5.41, 5.74) is 6.14. The van der Waals surface area contributed by atoms with Crippen molar-refractivity contribution >= 4 is 11.5 Å². The minimum absolute atomic E-state index is 0.166. The van der Waals surface area contributed by atoms with Crippen LogP contribution in [-0.2, 0) is 0 Å². The zero-order valence-electron chi connectivity index (χ0n) is 7.51. The molecule has 0 spiro atoms. The summed E-state index contributed by atoms with van der Waals surface area (Å²) in [6, 6.07) is 7.33. The van der Waals surface area contributed by atoms with Crippen molar-refractivity contribution in [1.82, 2.24) is 4.98 Å². The van der Waals surface area contributed by atoms with Crippen molar-refractivity contribution in [1.29, 1.82) is 10.5 Å². The third-order valence-corrected chi connectivity index (χ3v) is 1.66. The highest BCUT2D eigenvalue weighted by Gasteiger charge is 2.04. The van der Waals surface area contributed by atoms with Gasteiger partial charge >= 0.3 is 0 Å². The first-order valence-electron chi connectivity index (χ1n) is 3.98. The Labute approximate surface area is 82.0 Å². The van der Waals surface area contributed by atoms with Crippen molar-refractivity contribution in [3.63, 3.8) is 0 Å². The maximum absolute atomic E-state index is 8.53. The van der Waals surface area contributed by atoms with Gasteiger partial charge in [-0.15, -0.1) is 0 Å². The van der Waals surface area contributed by atoms with Crippen LogP contribution in [0.2, 0.25) is 0 Å². The van der Waals surface area contributed by atoms with Gasteiger partial charge in [-0.05, 0) is 12.1 Å². The van der Waals surface area contributed by atoms with E-state index in [0.29, 0.717) is 5.82 Å². The summed E-state index contributed by atoms with van der Waals surface area (Å²) in [4.78, 5) is 5.50. The lowest BCUT2D eigenvalue weighted by molar-refractivity contribution is 0.960. The van der Waals surface area contributed by atoms with Crippen molar-refractivity contribution in [3.8, 4) is 12.1 Å². The van der Waals surface area contributed by atoms with Crippen LogP contribution in [0.4, 0.5) is 11.5 Å². The molecule has 70 valence electrons. The van der Waals surface area contributed by atoms with Crippen molar-refractivity contribution in [2.45, 2.75) is 0 Å². The first-order valence-corrected chi connectivity index (χ1v) is 3.98. The lowest BCUT2D eigenvalue weighted by Gasteiger charge is -2.17. The fourth-order valence-corrected chi connectivity index (χ4v) is 0.994. The van der Waals surface area contributed by atoms with Crippen LogP contribution in [0.5, 0.6) is 0 Å². The largest absolute Gasteiger partial charge is 0.384 e. The first kappa shape index (κ1) is 9.82. The van der Waals surface area contributed by atoms with Gasteiger partial charge in [0.2, 0.25) is 0 Å². The van der Waals surface area contributed by atoms with E-state index in [1.54, 1.807) is 23.2 Å². The van der Waals surface area contributed by atoms with E-state index in [0.717, 1.165) is 5.69 Å². The van der Waals surface area contributed by atoms with E-state index in [9.17, 15) is 0 Å². The van der Waals surface area contributed by atoms with Gasteiger partial charge in [-0.2, -0.15) is 10.5 Å². The summed E-state index contributed by atoms with van der Waals surface area (Å²) in [5.74, 6) is 0.419. The van der Waals surface area contributed by atoms with E-state index in [-0.39, 0.29) is 13.1 Å². The molecule has 1 aromatic heterocycles. The molecular formula is C9H9N5. The molecule has 1 rings (SSSR count). The minimum atomic E-state index is 0.166. The Morgan fingerprint density at radius 2 is 1.93 bits per heavy atom. The second-order valence-electron chi connectivity index (χ2n) is 2.61. The van der Waals surface area contributed by atoms with E-state index in [2.05, 4.69) is 4.98 Å². The second-order valence-corrected chi connectivity index (χ2v) is 2.61. The molecule has 0 saturated carbocycles. The van der Waals surface area contributed by atoms with Gasteiger partial charge in [-0.3, -0.25) is 0 Å². The van der Waals surface area contributed by atoms with Crippen LogP contribution in [0.25, 0.3) is 0 Å². The summed E-state index contributed by atoms with van der Waals surface area (Å²) < 4.78 is 0. The molecule has 2 N–H and O–H groups in total. The highest BCUT2D eigenvalue weighted by Crippen LogP contribution is 2.12. The Morgan fingerprint density at radius 1 is 1.29 bits per heavy atom. The molecular weight excluding hydrogens is 178 g/mol. The predicted molar refractivity (Wildman–Crippen MR) is 52.1 cm³/mol. The number of anilines is 2. The number of hydrogen-bond donors (Lipinski definition) is 1. The first-order chi connectivity index (χ1) is 6.77. The van der Waals surface area contributed by atoms with Crippen LogP contribution in [0, 0.1) is 22.7 Å². The highest BCUT2D eigenvalue weighted by atomic mass is 15.1. The van der Waals surface area contributed by atoms with Crippen LogP contribution in [0.3, 0.4) is 0 Å². The van der Waals surface area contributed by atoms with Crippen molar-refractivity contribution < 1.29 is 0 Å². The maximum Gasteiger partial charge on any atom is 0.123 e. The SMILES string of the molecule is N#CCN(CC#N)c1ccc(N)nc1. The lowest BCUT2D eigenvalue weighted by atomic mass is 10.3. The summed E-state index contributed by atoms with van der Waals surface area (Å²) in [6.07, 6.45) is 1.55. The Bertz CT molecular complexity index is 354. The third kappa shape index (κ3) is 2.36. The van der Waals surface area contributed by atoms with Crippen LogP contribution >= 0.6 is 0 Å². The fraction of sp³-hybridized carbons (Fsp3) is 0.222. The molecule has 0 radical (unpaired) electrons. The Hall–Kier alpha value is -2.27. The summed E-state index contributed by atoms with van der Waals surface area (Å²) in [5, 5.41) is 17.1. The topological polar surface area (TPSA) is 89.7 Å². The summed E-state index contributed by atoms with van der Waals surface area (Å²) in [7, 11) is 0. The Balaban J connectivity index is 2.84. The molecule has 1 heterocycles. The zero-order valence-corrected chi connectivity index (χ0v) is 7.51. The van der Waals surface area contributed by atoms with Crippen LogP contribution in [0.1, 0.15) is 0 Å². The van der Waals surface area contributed by atoms with Gasteiger partial charge in [-0.1, -0.05) is 0 Å². The molecule has 0 amide bonds. The smallest absolute Gasteiger partial charge is 0.123 e. The standard InChI is InChI=1S/C9H9N5/c10-3-5-14(6-4-11)8-1-2-9(12)13-7-8/h1-2,7H,5-6H2,(H2,12,13). The van der Waals surface area contributed by atoms with E-state index >= 15 is 0 Å². The van der Waals surface area contributed by atoms with Gasteiger partial charge in [-0.25, -0.2) is 4.98 Å². The molecule has 0 aliphatic heterocycles. The van der Waals surface area contributed by atoms with Crippen LogP contribution < -0.4 is 10.6 Å². The number of hydrogen-bond acceptors (Lipinski definition) is 5. The number of nitriles is 2. The Kier molecular flexibility index (Phi) is 3.28. The number of aromatic nitrogens is 1. The Morgan fingerprint density at radius 3 is 2.36 bits per heavy atom. The van der Waals surface area contributed by atoms with Gasteiger partial charge in [0.05, 0.1) is 24.0 Å². The normalized spacial score (nSPS) is 8.71. The van der Waals surface area contributed by atoms with E-state index in [1.165, 1.54) is 0 Å². The number of nitrogens with two attached hydrogens (primary N) is 1. The van der Waals surface area contributed by atoms with E-state index in [4.69, 9.17) is 16.3 Å². The molecule has 0 atom stereocenters. The molecule has 0 saturated heterocycles. The molecule has 0 aliphatic carbocycles. The predicted octanol–water partition coefficient (Wildman–Crippen LogP) is 0.517. The monoisotopic (exact) mass is 187 g/mol. The molecule has 1 aromatic rings. The average molecular weight is 187 g/mol. The molecule has 0 unspecified atom stereocenters. The number of nitrogens with zero attached hydrogens (tertiary/aromatic N) is 4. The van der Waals surface area contributed by atoms with Crippen molar-refractivity contribution in [2.24, 2.45) is 0 Å². The molecule has 14 heavy (non-hydrogen) atoms. The molecule has 5 nitrogen and oxygen atoms in total. The van der Waals surface area contributed by atoms with E-state index < -0.39 is 0 Å². The second kappa shape index (κ2) is 4.68. The van der Waals surface area contributed by atoms with Gasteiger partial charge in [0.15, 0.2) is 0 Å². The molecule has 5 heteroatoms.